The summed E-state index contributed by atoms with van der Waals surface area (Å²) in [6, 6.07) is 6.28. The van der Waals surface area contributed by atoms with Gasteiger partial charge in [-0.1, -0.05) is 30.3 Å². The van der Waals surface area contributed by atoms with Gasteiger partial charge in [-0.2, -0.15) is 13.2 Å². The summed E-state index contributed by atoms with van der Waals surface area (Å²) >= 11 is 0. The molecule has 0 amide bonds. The van der Waals surface area contributed by atoms with Crippen molar-refractivity contribution in [3.8, 4) is 0 Å². The van der Waals surface area contributed by atoms with E-state index in [4.69, 9.17) is 9.47 Å². The average molecular weight is 305 g/mol. The number of nitrogens with one attached hydrogen (secondary N) is 1. The van der Waals surface area contributed by atoms with Gasteiger partial charge in [-0.25, -0.2) is 0 Å². The van der Waals surface area contributed by atoms with E-state index >= 15 is 0 Å². The van der Waals surface area contributed by atoms with E-state index in [-0.39, 0.29) is 5.56 Å². The monoisotopic (exact) mass is 305 g/mol. The van der Waals surface area contributed by atoms with Crippen LogP contribution in [-0.4, -0.2) is 39.7 Å². The van der Waals surface area contributed by atoms with Gasteiger partial charge in [-0.05, 0) is 24.9 Å². The number of rotatable bonds is 10. The highest BCUT2D eigenvalue weighted by Crippen LogP contribution is 2.32. The lowest BCUT2D eigenvalue weighted by molar-refractivity contribution is -0.157. The van der Waals surface area contributed by atoms with Crippen LogP contribution in [0.1, 0.15) is 24.4 Å². The zero-order valence-electron chi connectivity index (χ0n) is 12.2. The van der Waals surface area contributed by atoms with Gasteiger partial charge in [0.05, 0.1) is 13.2 Å². The number of methoxy groups -OCH3 is 1. The van der Waals surface area contributed by atoms with E-state index in [0.717, 1.165) is 6.42 Å². The van der Waals surface area contributed by atoms with Gasteiger partial charge in [0, 0.05) is 13.7 Å². The Hall–Kier alpha value is -1.11. The van der Waals surface area contributed by atoms with Crippen molar-refractivity contribution in [1.29, 1.82) is 0 Å². The molecule has 1 rings (SSSR count). The van der Waals surface area contributed by atoms with Crippen molar-refractivity contribution in [2.24, 2.45) is 0 Å². The van der Waals surface area contributed by atoms with Crippen LogP contribution < -0.4 is 5.32 Å². The second-order valence-electron chi connectivity index (χ2n) is 4.65. The fourth-order valence-electron chi connectivity index (χ4n) is 1.89. The van der Waals surface area contributed by atoms with Crippen LogP contribution in [0.15, 0.2) is 30.3 Å². The predicted molar refractivity (Wildman–Crippen MR) is 75.2 cm³/mol. The van der Waals surface area contributed by atoms with Gasteiger partial charge in [-0.15, -0.1) is 0 Å². The summed E-state index contributed by atoms with van der Waals surface area (Å²) in [4.78, 5) is 0. The van der Waals surface area contributed by atoms with E-state index < -0.39 is 12.2 Å². The molecule has 1 aromatic carbocycles. The molecule has 0 heterocycles. The van der Waals surface area contributed by atoms with E-state index in [9.17, 15) is 13.2 Å². The highest BCUT2D eigenvalue weighted by Gasteiger charge is 2.40. The second-order valence-corrected chi connectivity index (χ2v) is 4.65. The van der Waals surface area contributed by atoms with Gasteiger partial charge in [0.15, 0.2) is 0 Å². The summed E-state index contributed by atoms with van der Waals surface area (Å²) < 4.78 is 49.1. The quantitative estimate of drug-likeness (QED) is 0.673. The van der Waals surface area contributed by atoms with Crippen molar-refractivity contribution in [1.82, 2.24) is 5.32 Å². The van der Waals surface area contributed by atoms with E-state index in [2.05, 4.69) is 5.32 Å². The first-order valence-electron chi connectivity index (χ1n) is 6.97. The molecule has 0 aliphatic heterocycles. The highest BCUT2D eigenvalue weighted by molar-refractivity contribution is 5.20. The summed E-state index contributed by atoms with van der Waals surface area (Å²) in [6.07, 6.45) is -2.95. The lowest BCUT2D eigenvalue weighted by atomic mass is 10.1. The molecule has 3 nitrogen and oxygen atoms in total. The summed E-state index contributed by atoms with van der Waals surface area (Å²) in [5.41, 5.74) is 0.237. The molecule has 0 aliphatic carbocycles. The number of benzene rings is 1. The smallest absolute Gasteiger partial charge is 0.382 e. The number of ether oxygens (including phenoxy) is 2. The third-order valence-corrected chi connectivity index (χ3v) is 2.96. The average Bonchev–Trinajstić information content (AvgIpc) is 2.45. The zero-order valence-corrected chi connectivity index (χ0v) is 12.2. The van der Waals surface area contributed by atoms with E-state index in [1.807, 2.05) is 0 Å². The molecule has 1 unspecified atom stereocenters. The SMILES string of the molecule is COCCOCCCCNC(c1ccccc1)C(F)(F)F. The van der Waals surface area contributed by atoms with Crippen LogP contribution in [0.5, 0.6) is 0 Å². The van der Waals surface area contributed by atoms with Gasteiger partial charge in [0.25, 0.3) is 0 Å². The highest BCUT2D eigenvalue weighted by atomic mass is 19.4. The maximum Gasteiger partial charge on any atom is 0.407 e. The van der Waals surface area contributed by atoms with Crippen molar-refractivity contribution in [3.05, 3.63) is 35.9 Å². The van der Waals surface area contributed by atoms with Gasteiger partial charge in [-0.3, -0.25) is 0 Å². The van der Waals surface area contributed by atoms with Crippen LogP contribution in [0.2, 0.25) is 0 Å². The molecule has 1 N–H and O–H groups in total. The van der Waals surface area contributed by atoms with Crippen molar-refractivity contribution in [3.63, 3.8) is 0 Å². The Balaban J connectivity index is 2.29. The van der Waals surface area contributed by atoms with Gasteiger partial charge in [0.2, 0.25) is 0 Å². The molecule has 0 fully saturated rings. The predicted octanol–water partition coefficient (Wildman–Crippen LogP) is 3.32. The lowest BCUT2D eigenvalue weighted by Gasteiger charge is -2.22. The molecule has 21 heavy (non-hydrogen) atoms. The van der Waals surface area contributed by atoms with Crippen molar-refractivity contribution in [2.45, 2.75) is 25.1 Å². The standard InChI is InChI=1S/C15H22F3NO2/c1-20-11-12-21-10-6-5-9-19-14(15(16,17)18)13-7-3-2-4-8-13/h2-4,7-8,14,19H,5-6,9-12H2,1H3. The Morgan fingerprint density at radius 2 is 1.76 bits per heavy atom. The third-order valence-electron chi connectivity index (χ3n) is 2.96. The molecule has 0 aliphatic rings. The fraction of sp³-hybridized carbons (Fsp3) is 0.600. The van der Waals surface area contributed by atoms with Crippen molar-refractivity contribution >= 4 is 0 Å². The van der Waals surface area contributed by atoms with E-state index in [1.165, 1.54) is 12.1 Å². The molecular weight excluding hydrogens is 283 g/mol. The number of hydrogen-bond acceptors (Lipinski definition) is 3. The molecular formula is C15H22F3NO2. The van der Waals surface area contributed by atoms with Gasteiger partial charge >= 0.3 is 6.18 Å². The van der Waals surface area contributed by atoms with Crippen LogP contribution in [-0.2, 0) is 9.47 Å². The van der Waals surface area contributed by atoms with E-state index in [1.54, 1.807) is 25.3 Å². The number of halogens is 3. The molecule has 120 valence electrons. The van der Waals surface area contributed by atoms with Gasteiger partial charge in [0.1, 0.15) is 6.04 Å². The van der Waals surface area contributed by atoms with Crippen LogP contribution >= 0.6 is 0 Å². The molecule has 6 heteroatoms. The van der Waals surface area contributed by atoms with E-state index in [0.29, 0.717) is 32.8 Å². The van der Waals surface area contributed by atoms with Crippen LogP contribution in [0.3, 0.4) is 0 Å². The zero-order chi connectivity index (χ0) is 15.6. The molecule has 0 saturated heterocycles. The molecule has 1 atom stereocenters. The summed E-state index contributed by atoms with van der Waals surface area (Å²) in [5.74, 6) is 0. The Morgan fingerprint density at radius 3 is 2.38 bits per heavy atom. The molecule has 1 aromatic rings. The Kier molecular flexibility index (Phi) is 8.34. The second kappa shape index (κ2) is 9.76. The first kappa shape index (κ1) is 17.9. The molecule has 0 bridgehead atoms. The molecule has 0 saturated carbocycles. The number of hydrogen-bond donors (Lipinski definition) is 1. The maximum atomic E-state index is 13.0. The molecule has 0 radical (unpaired) electrons. The van der Waals surface area contributed by atoms with Crippen LogP contribution in [0, 0.1) is 0 Å². The van der Waals surface area contributed by atoms with Crippen molar-refractivity contribution < 1.29 is 22.6 Å². The van der Waals surface area contributed by atoms with Crippen LogP contribution in [0.25, 0.3) is 0 Å². The first-order chi connectivity index (χ1) is 10.1. The Morgan fingerprint density at radius 1 is 1.05 bits per heavy atom. The molecule has 0 spiro atoms. The lowest BCUT2D eigenvalue weighted by Crippen LogP contribution is -2.34. The normalized spacial score (nSPS) is 13.3. The van der Waals surface area contributed by atoms with Crippen molar-refractivity contribution in [2.75, 3.05) is 33.5 Å². The minimum Gasteiger partial charge on any atom is -0.382 e. The van der Waals surface area contributed by atoms with Crippen LogP contribution in [0.4, 0.5) is 13.2 Å². The Labute approximate surface area is 123 Å². The topological polar surface area (TPSA) is 30.5 Å². The number of unbranched alkanes of at least 4 members (excludes halogenated alkanes) is 1. The first-order valence-corrected chi connectivity index (χ1v) is 6.97. The minimum atomic E-state index is -4.30. The molecule has 0 aromatic heterocycles. The maximum absolute atomic E-state index is 13.0. The summed E-state index contributed by atoms with van der Waals surface area (Å²) in [5, 5.41) is 2.57. The fourth-order valence-corrected chi connectivity index (χ4v) is 1.89. The van der Waals surface area contributed by atoms with Gasteiger partial charge < -0.3 is 14.8 Å². The number of alkyl halides is 3. The third kappa shape index (κ3) is 7.45. The summed E-state index contributed by atoms with van der Waals surface area (Å²) in [6.45, 7) is 1.88. The summed E-state index contributed by atoms with van der Waals surface area (Å²) in [7, 11) is 1.59. The minimum absolute atomic E-state index is 0.237. The largest absolute Gasteiger partial charge is 0.407 e. The Bertz CT molecular complexity index is 371.